The van der Waals surface area contributed by atoms with Crippen LogP contribution in [0, 0.1) is 5.92 Å². The van der Waals surface area contributed by atoms with Gasteiger partial charge >= 0.3 is 0 Å². The van der Waals surface area contributed by atoms with Gasteiger partial charge in [-0.15, -0.1) is 0 Å². The minimum absolute atomic E-state index is 0.0346. The number of hydrogen-bond acceptors (Lipinski definition) is 3. The molecule has 5 nitrogen and oxygen atoms in total. The Kier molecular flexibility index (Phi) is 5.51. The molecule has 0 aromatic heterocycles. The van der Waals surface area contributed by atoms with Gasteiger partial charge in [-0.2, -0.15) is 0 Å². The third kappa shape index (κ3) is 3.96. The van der Waals surface area contributed by atoms with E-state index in [0.29, 0.717) is 26.0 Å². The van der Waals surface area contributed by atoms with Crippen molar-refractivity contribution in [2.45, 2.75) is 45.1 Å². The molecular weight excluding hydrogens is 304 g/mol. The molecule has 2 aliphatic heterocycles. The summed E-state index contributed by atoms with van der Waals surface area (Å²) >= 11 is 0. The van der Waals surface area contributed by atoms with Crippen molar-refractivity contribution in [1.82, 2.24) is 4.90 Å². The van der Waals surface area contributed by atoms with Crippen molar-refractivity contribution >= 4 is 17.5 Å². The van der Waals surface area contributed by atoms with E-state index in [1.165, 1.54) is 0 Å². The van der Waals surface area contributed by atoms with E-state index in [4.69, 9.17) is 4.74 Å². The summed E-state index contributed by atoms with van der Waals surface area (Å²) in [6, 6.07) is 7.88. The Morgan fingerprint density at radius 1 is 1.38 bits per heavy atom. The number of nitrogens with one attached hydrogen (secondary N) is 1. The van der Waals surface area contributed by atoms with Crippen LogP contribution in [0.5, 0.6) is 0 Å². The maximum atomic E-state index is 12.5. The van der Waals surface area contributed by atoms with Crippen molar-refractivity contribution in [3.63, 3.8) is 0 Å². The van der Waals surface area contributed by atoms with E-state index in [9.17, 15) is 9.59 Å². The molecule has 1 N–H and O–H groups in total. The van der Waals surface area contributed by atoms with Crippen LogP contribution in [-0.4, -0.2) is 42.5 Å². The van der Waals surface area contributed by atoms with Gasteiger partial charge in [0.05, 0.1) is 6.10 Å². The summed E-state index contributed by atoms with van der Waals surface area (Å²) in [5.74, 6) is 0.0646. The Morgan fingerprint density at radius 2 is 2.21 bits per heavy atom. The first-order chi connectivity index (χ1) is 11.7. The molecule has 1 fully saturated rings. The fourth-order valence-electron chi connectivity index (χ4n) is 3.64. The van der Waals surface area contributed by atoms with Crippen LogP contribution in [0.15, 0.2) is 24.3 Å². The lowest BCUT2D eigenvalue weighted by atomic mass is 9.89. The largest absolute Gasteiger partial charge is 0.377 e. The van der Waals surface area contributed by atoms with Crippen LogP contribution in [-0.2, 0) is 20.7 Å². The van der Waals surface area contributed by atoms with Gasteiger partial charge in [-0.3, -0.25) is 9.59 Å². The zero-order valence-electron chi connectivity index (χ0n) is 14.3. The van der Waals surface area contributed by atoms with E-state index >= 15 is 0 Å². The lowest BCUT2D eigenvalue weighted by Crippen LogP contribution is -2.43. The quantitative estimate of drug-likeness (QED) is 0.903. The third-order valence-electron chi connectivity index (χ3n) is 4.95. The standard InChI is InChI=1S/C19H26N2O3/c1-2-24-16-7-5-11-21(13-16)18(22)10-9-15-12-14-6-3-4-8-17(14)20-19(15)23/h3-4,6,8,15-16H,2,5,7,9-13H2,1H3,(H,20,23)/t15-,16+/m0/s1. The summed E-state index contributed by atoms with van der Waals surface area (Å²) in [7, 11) is 0. The van der Waals surface area contributed by atoms with Gasteiger partial charge in [0, 0.05) is 37.7 Å². The van der Waals surface area contributed by atoms with Crippen LogP contribution in [0.3, 0.4) is 0 Å². The number of carbonyl (C=O) groups excluding carboxylic acids is 2. The molecule has 2 aliphatic rings. The number of ether oxygens (including phenoxy) is 1. The number of fused-ring (bicyclic) bond motifs is 1. The molecule has 0 aliphatic carbocycles. The monoisotopic (exact) mass is 330 g/mol. The van der Waals surface area contributed by atoms with Crippen LogP contribution < -0.4 is 5.32 Å². The Hall–Kier alpha value is -1.88. The third-order valence-corrected chi connectivity index (χ3v) is 4.95. The predicted octanol–water partition coefficient (Wildman–Crippen LogP) is 2.61. The fourth-order valence-corrected chi connectivity index (χ4v) is 3.64. The van der Waals surface area contributed by atoms with Gasteiger partial charge < -0.3 is 15.0 Å². The van der Waals surface area contributed by atoms with Crippen molar-refractivity contribution in [1.29, 1.82) is 0 Å². The van der Waals surface area contributed by atoms with Crippen LogP contribution >= 0.6 is 0 Å². The van der Waals surface area contributed by atoms with Crippen molar-refractivity contribution in [3.05, 3.63) is 29.8 Å². The van der Waals surface area contributed by atoms with Crippen LogP contribution in [0.2, 0.25) is 0 Å². The number of nitrogens with zero attached hydrogens (tertiary/aromatic N) is 1. The summed E-state index contributed by atoms with van der Waals surface area (Å²) in [6.07, 6.45) is 3.94. The average molecular weight is 330 g/mol. The maximum absolute atomic E-state index is 12.5. The molecule has 0 spiro atoms. The van der Waals surface area contributed by atoms with Gasteiger partial charge in [-0.1, -0.05) is 18.2 Å². The van der Waals surface area contributed by atoms with Gasteiger partial charge in [-0.05, 0) is 44.2 Å². The number of rotatable bonds is 5. The molecular formula is C19H26N2O3. The summed E-state index contributed by atoms with van der Waals surface area (Å²) in [5.41, 5.74) is 2.06. The van der Waals surface area contributed by atoms with E-state index in [0.717, 1.165) is 37.1 Å². The number of benzene rings is 1. The second-order valence-electron chi connectivity index (χ2n) is 6.65. The lowest BCUT2D eigenvalue weighted by Gasteiger charge is -2.33. The Morgan fingerprint density at radius 3 is 3.04 bits per heavy atom. The number of carbonyl (C=O) groups is 2. The molecule has 0 radical (unpaired) electrons. The number of anilines is 1. The first-order valence-corrected chi connectivity index (χ1v) is 8.95. The molecule has 2 heterocycles. The molecule has 0 unspecified atom stereocenters. The summed E-state index contributed by atoms with van der Waals surface area (Å²) in [4.78, 5) is 26.6. The van der Waals surface area contributed by atoms with Gasteiger partial charge in [0.15, 0.2) is 0 Å². The van der Waals surface area contributed by atoms with Crippen molar-refractivity contribution in [3.8, 4) is 0 Å². The van der Waals surface area contributed by atoms with Crippen LogP contribution in [0.1, 0.15) is 38.2 Å². The lowest BCUT2D eigenvalue weighted by molar-refractivity contribution is -0.135. The molecule has 2 amide bonds. The first kappa shape index (κ1) is 17.0. The Labute approximate surface area is 143 Å². The molecule has 24 heavy (non-hydrogen) atoms. The average Bonchev–Trinajstić information content (AvgIpc) is 2.60. The highest BCUT2D eigenvalue weighted by Crippen LogP contribution is 2.28. The predicted molar refractivity (Wildman–Crippen MR) is 92.7 cm³/mol. The molecule has 130 valence electrons. The zero-order chi connectivity index (χ0) is 16.9. The number of likely N-dealkylation sites (tertiary alicyclic amines) is 1. The minimum Gasteiger partial charge on any atom is -0.377 e. The molecule has 1 saturated heterocycles. The van der Waals surface area contributed by atoms with Crippen LogP contribution in [0.4, 0.5) is 5.69 Å². The summed E-state index contributed by atoms with van der Waals surface area (Å²) < 4.78 is 5.66. The van der Waals surface area contributed by atoms with E-state index < -0.39 is 0 Å². The summed E-state index contributed by atoms with van der Waals surface area (Å²) in [6.45, 7) is 4.17. The van der Waals surface area contributed by atoms with Gasteiger partial charge in [0.25, 0.3) is 0 Å². The second kappa shape index (κ2) is 7.79. The molecule has 0 saturated carbocycles. The van der Waals surface area contributed by atoms with E-state index in [1.807, 2.05) is 36.1 Å². The molecule has 3 rings (SSSR count). The second-order valence-corrected chi connectivity index (χ2v) is 6.65. The van der Waals surface area contributed by atoms with Crippen LogP contribution in [0.25, 0.3) is 0 Å². The SMILES string of the molecule is CCO[C@@H]1CCCN(C(=O)CC[C@H]2Cc3ccccc3NC2=O)C1. The van der Waals surface area contributed by atoms with Gasteiger partial charge in [0.2, 0.25) is 11.8 Å². The first-order valence-electron chi connectivity index (χ1n) is 8.95. The Bertz CT molecular complexity index is 600. The van der Waals surface area contributed by atoms with E-state index in [-0.39, 0.29) is 23.8 Å². The number of amides is 2. The molecule has 1 aromatic rings. The molecule has 5 heteroatoms. The Balaban J connectivity index is 1.52. The van der Waals surface area contributed by atoms with E-state index in [1.54, 1.807) is 0 Å². The topological polar surface area (TPSA) is 58.6 Å². The highest BCUT2D eigenvalue weighted by Gasteiger charge is 2.28. The number of para-hydroxylation sites is 1. The fraction of sp³-hybridized carbons (Fsp3) is 0.579. The zero-order valence-corrected chi connectivity index (χ0v) is 14.3. The molecule has 0 bridgehead atoms. The van der Waals surface area contributed by atoms with Gasteiger partial charge in [0.1, 0.15) is 0 Å². The summed E-state index contributed by atoms with van der Waals surface area (Å²) in [5, 5.41) is 2.95. The molecule has 1 aromatic carbocycles. The smallest absolute Gasteiger partial charge is 0.227 e. The van der Waals surface area contributed by atoms with E-state index in [2.05, 4.69) is 5.32 Å². The van der Waals surface area contributed by atoms with Gasteiger partial charge in [-0.25, -0.2) is 0 Å². The minimum atomic E-state index is -0.115. The van der Waals surface area contributed by atoms with Crippen molar-refractivity contribution in [2.75, 3.05) is 25.0 Å². The van der Waals surface area contributed by atoms with Crippen molar-refractivity contribution in [2.24, 2.45) is 5.92 Å². The number of piperidine rings is 1. The highest BCUT2D eigenvalue weighted by atomic mass is 16.5. The normalized spacial score (nSPS) is 23.5. The highest BCUT2D eigenvalue weighted by molar-refractivity contribution is 5.96. The number of hydrogen-bond donors (Lipinski definition) is 1. The van der Waals surface area contributed by atoms with Crippen molar-refractivity contribution < 1.29 is 14.3 Å². The maximum Gasteiger partial charge on any atom is 0.227 e. The molecule has 2 atom stereocenters.